The first-order valence-electron chi connectivity index (χ1n) is 9.48. The first kappa shape index (κ1) is 20.4. The number of benzene rings is 2. The van der Waals surface area contributed by atoms with E-state index in [1.165, 1.54) is 12.7 Å². The van der Waals surface area contributed by atoms with Crippen LogP contribution < -0.4 is 0 Å². The quantitative estimate of drug-likeness (QED) is 0.698. The molecule has 148 valence electrons. The van der Waals surface area contributed by atoms with Gasteiger partial charge in [-0.25, -0.2) is 4.79 Å². The zero-order chi connectivity index (χ0) is 19.9. The molecule has 1 amide bonds. The molecule has 0 radical (unpaired) electrons. The molecule has 1 unspecified atom stereocenters. The number of carbonyl (C=O) groups excluding carboxylic acids is 2. The molecule has 0 bridgehead atoms. The summed E-state index contributed by atoms with van der Waals surface area (Å²) < 4.78 is 5.02. The number of halogens is 1. The first-order valence-corrected chi connectivity index (χ1v) is 9.86. The Labute approximate surface area is 170 Å². The molecule has 0 aromatic heterocycles. The van der Waals surface area contributed by atoms with E-state index in [1.54, 1.807) is 6.07 Å². The van der Waals surface area contributed by atoms with Crippen molar-refractivity contribution < 1.29 is 14.3 Å². The summed E-state index contributed by atoms with van der Waals surface area (Å²) in [5.41, 5.74) is 1.90. The second-order valence-electron chi connectivity index (χ2n) is 6.85. The van der Waals surface area contributed by atoms with Crippen molar-refractivity contribution >= 4 is 23.5 Å². The van der Waals surface area contributed by atoms with Gasteiger partial charge in [-0.3, -0.25) is 9.69 Å². The van der Waals surface area contributed by atoms with Crippen LogP contribution in [0.4, 0.5) is 0 Å². The number of nitrogens with zero attached hydrogens (tertiary/aromatic N) is 2. The fourth-order valence-electron chi connectivity index (χ4n) is 3.56. The molecule has 1 heterocycles. The van der Waals surface area contributed by atoms with E-state index >= 15 is 0 Å². The molecular formula is C22H25ClN2O3. The lowest BCUT2D eigenvalue weighted by molar-refractivity contribution is -0.148. The van der Waals surface area contributed by atoms with Crippen LogP contribution in [-0.4, -0.2) is 55.0 Å². The molecule has 3 rings (SSSR count). The Hall–Kier alpha value is -2.37. The minimum Gasteiger partial charge on any atom is -0.468 e. The highest BCUT2D eigenvalue weighted by Gasteiger charge is 2.33. The van der Waals surface area contributed by atoms with Crippen molar-refractivity contribution in [2.24, 2.45) is 0 Å². The second kappa shape index (κ2) is 9.71. The Morgan fingerprint density at radius 2 is 1.64 bits per heavy atom. The highest BCUT2D eigenvalue weighted by atomic mass is 35.5. The van der Waals surface area contributed by atoms with Crippen molar-refractivity contribution in [3.8, 4) is 0 Å². The van der Waals surface area contributed by atoms with E-state index in [0.717, 1.165) is 12.0 Å². The average Bonchev–Trinajstić information content (AvgIpc) is 2.74. The van der Waals surface area contributed by atoms with Crippen molar-refractivity contribution in [1.82, 2.24) is 9.80 Å². The SMILES string of the molecule is COC(=O)C(c1ccccc1Cl)N1CCN(C(=O)CCc2ccccc2)CC1. The summed E-state index contributed by atoms with van der Waals surface area (Å²) in [5.74, 6) is -0.187. The van der Waals surface area contributed by atoms with E-state index in [-0.39, 0.29) is 11.9 Å². The molecular weight excluding hydrogens is 376 g/mol. The lowest BCUT2D eigenvalue weighted by atomic mass is 10.0. The average molecular weight is 401 g/mol. The Bertz CT molecular complexity index is 804. The van der Waals surface area contributed by atoms with Crippen LogP contribution in [0.2, 0.25) is 5.02 Å². The third-order valence-electron chi connectivity index (χ3n) is 5.13. The largest absolute Gasteiger partial charge is 0.468 e. The highest BCUT2D eigenvalue weighted by molar-refractivity contribution is 6.31. The van der Waals surface area contributed by atoms with E-state index in [2.05, 4.69) is 0 Å². The van der Waals surface area contributed by atoms with Gasteiger partial charge in [0.2, 0.25) is 5.91 Å². The molecule has 0 saturated carbocycles. The van der Waals surface area contributed by atoms with Gasteiger partial charge in [-0.2, -0.15) is 0 Å². The number of rotatable bonds is 6. The Morgan fingerprint density at radius 3 is 2.29 bits per heavy atom. The number of esters is 1. The van der Waals surface area contributed by atoms with Crippen molar-refractivity contribution in [3.05, 3.63) is 70.7 Å². The molecule has 1 saturated heterocycles. The van der Waals surface area contributed by atoms with E-state index in [1.807, 2.05) is 58.3 Å². The number of aryl methyl sites for hydroxylation is 1. The fourth-order valence-corrected chi connectivity index (χ4v) is 3.80. The summed E-state index contributed by atoms with van der Waals surface area (Å²) in [6.45, 7) is 2.38. The van der Waals surface area contributed by atoms with E-state index in [4.69, 9.17) is 16.3 Å². The predicted molar refractivity (Wildman–Crippen MR) is 109 cm³/mol. The summed E-state index contributed by atoms with van der Waals surface area (Å²) >= 11 is 6.32. The molecule has 1 atom stereocenters. The second-order valence-corrected chi connectivity index (χ2v) is 7.26. The summed E-state index contributed by atoms with van der Waals surface area (Å²) in [6, 6.07) is 16.8. The standard InChI is InChI=1S/C22H25ClN2O3/c1-28-22(27)21(18-9-5-6-10-19(18)23)25-15-13-24(14-16-25)20(26)12-11-17-7-3-2-4-8-17/h2-10,21H,11-16H2,1H3. The van der Waals surface area contributed by atoms with Gasteiger partial charge in [-0.15, -0.1) is 0 Å². The third kappa shape index (κ3) is 4.91. The Kier molecular flexibility index (Phi) is 7.06. The van der Waals surface area contributed by atoms with Gasteiger partial charge in [0.05, 0.1) is 7.11 Å². The van der Waals surface area contributed by atoms with Gasteiger partial charge in [0, 0.05) is 37.6 Å². The van der Waals surface area contributed by atoms with Crippen LogP contribution in [0.15, 0.2) is 54.6 Å². The first-order chi connectivity index (χ1) is 13.6. The molecule has 2 aromatic carbocycles. The summed E-state index contributed by atoms with van der Waals surface area (Å²) in [7, 11) is 1.38. The maximum Gasteiger partial charge on any atom is 0.327 e. The zero-order valence-corrected chi connectivity index (χ0v) is 16.8. The molecule has 2 aromatic rings. The third-order valence-corrected chi connectivity index (χ3v) is 5.47. The minimum absolute atomic E-state index is 0.149. The van der Waals surface area contributed by atoms with Gasteiger partial charge in [-0.05, 0) is 23.6 Å². The molecule has 5 nitrogen and oxygen atoms in total. The zero-order valence-electron chi connectivity index (χ0n) is 16.0. The number of ether oxygens (including phenoxy) is 1. The maximum absolute atomic E-state index is 12.6. The number of carbonyl (C=O) groups is 2. The smallest absolute Gasteiger partial charge is 0.327 e. The van der Waals surface area contributed by atoms with Gasteiger partial charge in [0.15, 0.2) is 0 Å². The molecule has 1 aliphatic rings. The van der Waals surface area contributed by atoms with E-state index in [0.29, 0.717) is 37.6 Å². The molecule has 1 aliphatic heterocycles. The number of hydrogen-bond donors (Lipinski definition) is 0. The summed E-state index contributed by atoms with van der Waals surface area (Å²) in [4.78, 5) is 28.9. The topological polar surface area (TPSA) is 49.9 Å². The van der Waals surface area contributed by atoms with Crippen LogP contribution in [0.3, 0.4) is 0 Å². The van der Waals surface area contributed by atoms with Gasteiger partial charge < -0.3 is 9.64 Å². The van der Waals surface area contributed by atoms with Crippen molar-refractivity contribution in [1.29, 1.82) is 0 Å². The van der Waals surface area contributed by atoms with Gasteiger partial charge in [0.25, 0.3) is 0 Å². The molecule has 0 aliphatic carbocycles. The molecule has 0 N–H and O–H groups in total. The lowest BCUT2D eigenvalue weighted by Gasteiger charge is -2.38. The monoisotopic (exact) mass is 400 g/mol. The predicted octanol–water partition coefficient (Wildman–Crippen LogP) is 3.33. The van der Waals surface area contributed by atoms with Crippen molar-refractivity contribution in [2.45, 2.75) is 18.9 Å². The van der Waals surface area contributed by atoms with Gasteiger partial charge in [0.1, 0.15) is 6.04 Å². The molecule has 6 heteroatoms. The maximum atomic E-state index is 12.6. The molecule has 0 spiro atoms. The number of piperazine rings is 1. The minimum atomic E-state index is -0.555. The van der Waals surface area contributed by atoms with Gasteiger partial charge >= 0.3 is 5.97 Å². The van der Waals surface area contributed by atoms with Crippen LogP contribution in [0.5, 0.6) is 0 Å². The molecule has 28 heavy (non-hydrogen) atoms. The number of hydrogen-bond acceptors (Lipinski definition) is 4. The van der Waals surface area contributed by atoms with Crippen LogP contribution in [0.1, 0.15) is 23.6 Å². The van der Waals surface area contributed by atoms with E-state index < -0.39 is 6.04 Å². The lowest BCUT2D eigenvalue weighted by Crippen LogP contribution is -2.51. The van der Waals surface area contributed by atoms with Gasteiger partial charge in [-0.1, -0.05) is 60.1 Å². The fraction of sp³-hybridized carbons (Fsp3) is 0.364. The van der Waals surface area contributed by atoms with Crippen molar-refractivity contribution in [3.63, 3.8) is 0 Å². The van der Waals surface area contributed by atoms with E-state index in [9.17, 15) is 9.59 Å². The van der Waals surface area contributed by atoms with Crippen LogP contribution in [0.25, 0.3) is 0 Å². The number of methoxy groups -OCH3 is 1. The molecule has 1 fully saturated rings. The van der Waals surface area contributed by atoms with Crippen LogP contribution in [-0.2, 0) is 20.7 Å². The normalized spacial score (nSPS) is 15.9. The summed E-state index contributed by atoms with van der Waals surface area (Å²) in [5, 5.41) is 0.541. The van der Waals surface area contributed by atoms with Crippen LogP contribution in [0, 0.1) is 0 Å². The summed E-state index contributed by atoms with van der Waals surface area (Å²) in [6.07, 6.45) is 1.24. The Balaban J connectivity index is 1.60. The van der Waals surface area contributed by atoms with Crippen molar-refractivity contribution in [2.75, 3.05) is 33.3 Å². The van der Waals surface area contributed by atoms with Crippen LogP contribution >= 0.6 is 11.6 Å². The highest BCUT2D eigenvalue weighted by Crippen LogP contribution is 2.29. The Morgan fingerprint density at radius 1 is 1.00 bits per heavy atom. The number of amides is 1.